The van der Waals surface area contributed by atoms with E-state index in [1.165, 1.54) is 6.07 Å². The SMILES string of the molecule is CNCc1ccc([N+](=O)[O-])c(OCC=C(C)C)c1. The molecule has 1 aromatic rings. The number of benzene rings is 1. The second-order valence-electron chi connectivity index (χ2n) is 4.18. The molecule has 0 atom stereocenters. The van der Waals surface area contributed by atoms with E-state index in [-0.39, 0.29) is 5.69 Å². The third-order valence-electron chi connectivity index (χ3n) is 2.33. The van der Waals surface area contributed by atoms with Crippen molar-refractivity contribution >= 4 is 5.69 Å². The highest BCUT2D eigenvalue weighted by Gasteiger charge is 2.15. The first-order chi connectivity index (χ1) is 8.54. The summed E-state index contributed by atoms with van der Waals surface area (Å²) in [4.78, 5) is 10.5. The zero-order valence-corrected chi connectivity index (χ0v) is 10.9. The van der Waals surface area contributed by atoms with Gasteiger partial charge in [0, 0.05) is 12.6 Å². The molecule has 0 radical (unpaired) electrons. The van der Waals surface area contributed by atoms with Gasteiger partial charge in [0.25, 0.3) is 0 Å². The van der Waals surface area contributed by atoms with E-state index in [2.05, 4.69) is 5.32 Å². The Labute approximate surface area is 107 Å². The lowest BCUT2D eigenvalue weighted by Crippen LogP contribution is -2.06. The van der Waals surface area contributed by atoms with Crippen LogP contribution in [0.1, 0.15) is 19.4 Å². The number of nitrogens with one attached hydrogen (secondary N) is 1. The van der Waals surface area contributed by atoms with Crippen LogP contribution in [0.4, 0.5) is 5.69 Å². The maximum atomic E-state index is 10.9. The van der Waals surface area contributed by atoms with Crippen LogP contribution in [-0.4, -0.2) is 18.6 Å². The minimum absolute atomic E-state index is 0.00277. The lowest BCUT2D eigenvalue weighted by atomic mass is 10.2. The maximum Gasteiger partial charge on any atom is 0.310 e. The van der Waals surface area contributed by atoms with Crippen LogP contribution in [0.15, 0.2) is 29.8 Å². The zero-order chi connectivity index (χ0) is 13.5. The summed E-state index contributed by atoms with van der Waals surface area (Å²) in [5.41, 5.74) is 2.07. The molecule has 1 N–H and O–H groups in total. The molecule has 0 aliphatic heterocycles. The number of hydrogen-bond donors (Lipinski definition) is 1. The first kappa shape index (κ1) is 14.2. The molecule has 0 unspecified atom stereocenters. The summed E-state index contributed by atoms with van der Waals surface area (Å²) in [6.07, 6.45) is 1.88. The van der Waals surface area contributed by atoms with Gasteiger partial charge in [0.05, 0.1) is 4.92 Å². The summed E-state index contributed by atoms with van der Waals surface area (Å²) in [6.45, 7) is 4.90. The summed E-state index contributed by atoms with van der Waals surface area (Å²) < 4.78 is 5.45. The van der Waals surface area contributed by atoms with Crippen molar-refractivity contribution in [1.29, 1.82) is 0 Å². The van der Waals surface area contributed by atoms with Gasteiger partial charge in [-0.25, -0.2) is 0 Å². The zero-order valence-electron chi connectivity index (χ0n) is 10.9. The number of nitro groups is 1. The maximum absolute atomic E-state index is 10.9. The van der Waals surface area contributed by atoms with E-state index in [9.17, 15) is 10.1 Å². The van der Waals surface area contributed by atoms with Gasteiger partial charge in [0.15, 0.2) is 5.75 Å². The summed E-state index contributed by atoms with van der Waals surface area (Å²) in [7, 11) is 1.82. The largest absolute Gasteiger partial charge is 0.483 e. The summed E-state index contributed by atoms with van der Waals surface area (Å²) in [5, 5.41) is 13.9. The van der Waals surface area contributed by atoms with E-state index in [4.69, 9.17) is 4.74 Å². The Morgan fingerprint density at radius 1 is 1.50 bits per heavy atom. The molecule has 0 aliphatic rings. The van der Waals surface area contributed by atoms with Gasteiger partial charge in [0.1, 0.15) is 6.61 Å². The van der Waals surface area contributed by atoms with Crippen LogP contribution in [0.25, 0.3) is 0 Å². The first-order valence-electron chi connectivity index (χ1n) is 5.72. The molecule has 0 spiro atoms. The second kappa shape index (κ2) is 6.76. The molecule has 0 aliphatic carbocycles. The molecule has 0 saturated heterocycles. The molecule has 98 valence electrons. The molecule has 18 heavy (non-hydrogen) atoms. The minimum Gasteiger partial charge on any atom is -0.483 e. The molecular formula is C13H18N2O3. The normalized spacial score (nSPS) is 9.94. The summed E-state index contributed by atoms with van der Waals surface area (Å²) in [5.74, 6) is 0.310. The fraction of sp³-hybridized carbons (Fsp3) is 0.385. The van der Waals surface area contributed by atoms with E-state index >= 15 is 0 Å². The van der Waals surface area contributed by atoms with Crippen molar-refractivity contribution in [2.24, 2.45) is 0 Å². The topological polar surface area (TPSA) is 64.4 Å². The van der Waals surface area contributed by atoms with Gasteiger partial charge in [-0.05, 0) is 38.6 Å². The summed E-state index contributed by atoms with van der Waals surface area (Å²) >= 11 is 0. The average Bonchev–Trinajstić information content (AvgIpc) is 2.29. The fourth-order valence-corrected chi connectivity index (χ4v) is 1.44. The van der Waals surface area contributed by atoms with E-state index in [0.29, 0.717) is 18.9 Å². The Kier molecular flexibility index (Phi) is 5.32. The van der Waals surface area contributed by atoms with Crippen molar-refractivity contribution in [1.82, 2.24) is 5.32 Å². The van der Waals surface area contributed by atoms with Gasteiger partial charge in [-0.2, -0.15) is 0 Å². The van der Waals surface area contributed by atoms with Gasteiger partial charge in [-0.15, -0.1) is 0 Å². The molecule has 0 amide bonds. The van der Waals surface area contributed by atoms with Crippen molar-refractivity contribution in [3.8, 4) is 5.75 Å². The lowest BCUT2D eigenvalue weighted by Gasteiger charge is -2.07. The molecule has 0 heterocycles. The van der Waals surface area contributed by atoms with Crippen molar-refractivity contribution in [2.45, 2.75) is 20.4 Å². The van der Waals surface area contributed by atoms with E-state index in [1.807, 2.05) is 27.0 Å². The van der Waals surface area contributed by atoms with Gasteiger partial charge in [0.2, 0.25) is 0 Å². The Hall–Kier alpha value is -1.88. The Morgan fingerprint density at radius 2 is 2.22 bits per heavy atom. The highest BCUT2D eigenvalue weighted by atomic mass is 16.6. The Morgan fingerprint density at radius 3 is 2.78 bits per heavy atom. The predicted octanol–water partition coefficient (Wildman–Crippen LogP) is 2.66. The van der Waals surface area contributed by atoms with Crippen LogP contribution in [0, 0.1) is 10.1 Å². The average molecular weight is 250 g/mol. The molecular weight excluding hydrogens is 232 g/mol. The second-order valence-corrected chi connectivity index (χ2v) is 4.18. The molecule has 5 heteroatoms. The van der Waals surface area contributed by atoms with Gasteiger partial charge < -0.3 is 10.1 Å². The fourth-order valence-electron chi connectivity index (χ4n) is 1.44. The van der Waals surface area contributed by atoms with E-state index in [0.717, 1.165) is 11.1 Å². The molecule has 0 bridgehead atoms. The van der Waals surface area contributed by atoms with Crippen LogP contribution in [0.3, 0.4) is 0 Å². The number of nitro benzene ring substituents is 1. The van der Waals surface area contributed by atoms with Crippen molar-refractivity contribution < 1.29 is 9.66 Å². The minimum atomic E-state index is -0.430. The van der Waals surface area contributed by atoms with Crippen LogP contribution in [-0.2, 0) is 6.54 Å². The highest BCUT2D eigenvalue weighted by molar-refractivity contribution is 5.48. The molecule has 5 nitrogen and oxygen atoms in total. The number of allylic oxidation sites excluding steroid dienone is 1. The Balaban J connectivity index is 2.92. The van der Waals surface area contributed by atoms with E-state index in [1.54, 1.807) is 12.1 Å². The van der Waals surface area contributed by atoms with Crippen LogP contribution >= 0.6 is 0 Å². The van der Waals surface area contributed by atoms with Crippen LogP contribution < -0.4 is 10.1 Å². The molecule has 1 aromatic carbocycles. The first-order valence-corrected chi connectivity index (χ1v) is 5.72. The number of nitrogens with zero attached hydrogens (tertiary/aromatic N) is 1. The van der Waals surface area contributed by atoms with Crippen molar-refractivity contribution in [3.05, 3.63) is 45.5 Å². The van der Waals surface area contributed by atoms with E-state index < -0.39 is 4.92 Å². The molecule has 0 fully saturated rings. The summed E-state index contributed by atoms with van der Waals surface area (Å²) in [6, 6.07) is 4.90. The van der Waals surface area contributed by atoms with Crippen LogP contribution in [0.2, 0.25) is 0 Å². The third kappa shape index (κ3) is 4.18. The standard InChI is InChI=1S/C13H18N2O3/c1-10(2)6-7-18-13-8-11(9-14-3)4-5-12(13)15(16)17/h4-6,8,14H,7,9H2,1-3H3. The third-order valence-corrected chi connectivity index (χ3v) is 2.33. The van der Waals surface area contributed by atoms with Gasteiger partial charge >= 0.3 is 5.69 Å². The smallest absolute Gasteiger partial charge is 0.310 e. The molecule has 0 saturated carbocycles. The number of hydrogen-bond acceptors (Lipinski definition) is 4. The predicted molar refractivity (Wildman–Crippen MR) is 70.8 cm³/mol. The van der Waals surface area contributed by atoms with Crippen molar-refractivity contribution in [2.75, 3.05) is 13.7 Å². The van der Waals surface area contributed by atoms with Crippen molar-refractivity contribution in [3.63, 3.8) is 0 Å². The van der Waals surface area contributed by atoms with Gasteiger partial charge in [-0.1, -0.05) is 11.6 Å². The Bertz CT molecular complexity index is 452. The monoisotopic (exact) mass is 250 g/mol. The molecule has 0 aromatic heterocycles. The molecule has 1 rings (SSSR count). The quantitative estimate of drug-likeness (QED) is 0.479. The van der Waals surface area contributed by atoms with Gasteiger partial charge in [-0.3, -0.25) is 10.1 Å². The number of ether oxygens (including phenoxy) is 1. The van der Waals surface area contributed by atoms with Crippen LogP contribution in [0.5, 0.6) is 5.75 Å². The lowest BCUT2D eigenvalue weighted by molar-refractivity contribution is -0.385. The highest BCUT2D eigenvalue weighted by Crippen LogP contribution is 2.28. The number of rotatable bonds is 6.